The molecule has 1 saturated heterocycles. The Bertz CT molecular complexity index is 159. The SMILES string of the molecule is CC(C)C(N1CCCC1)C(F)(F)F. The first-order valence-electron chi connectivity index (χ1n) is 4.73. The standard InChI is InChI=1S/C9H16F3N/c1-7(2)8(9(10,11)12)13-5-3-4-6-13/h7-8H,3-6H2,1-2H3. The van der Waals surface area contributed by atoms with Crippen LogP contribution in [0.3, 0.4) is 0 Å². The zero-order chi connectivity index (χ0) is 10.1. The Labute approximate surface area is 76.9 Å². The van der Waals surface area contributed by atoms with Crippen molar-refractivity contribution in [3.63, 3.8) is 0 Å². The number of hydrogen-bond acceptors (Lipinski definition) is 1. The summed E-state index contributed by atoms with van der Waals surface area (Å²) >= 11 is 0. The van der Waals surface area contributed by atoms with Crippen molar-refractivity contribution in [1.82, 2.24) is 4.90 Å². The molecule has 0 N–H and O–H groups in total. The van der Waals surface area contributed by atoms with Crippen LogP contribution in [0.5, 0.6) is 0 Å². The van der Waals surface area contributed by atoms with Crippen molar-refractivity contribution >= 4 is 0 Å². The van der Waals surface area contributed by atoms with Crippen LogP contribution in [0.1, 0.15) is 26.7 Å². The van der Waals surface area contributed by atoms with Gasteiger partial charge in [0.05, 0.1) is 0 Å². The summed E-state index contributed by atoms with van der Waals surface area (Å²) in [7, 11) is 0. The van der Waals surface area contributed by atoms with Crippen molar-refractivity contribution in [3.8, 4) is 0 Å². The summed E-state index contributed by atoms with van der Waals surface area (Å²) in [6.45, 7) is 4.47. The molecule has 0 aliphatic carbocycles. The topological polar surface area (TPSA) is 3.24 Å². The Morgan fingerprint density at radius 3 is 1.85 bits per heavy atom. The van der Waals surface area contributed by atoms with Crippen molar-refractivity contribution in [2.75, 3.05) is 13.1 Å². The lowest BCUT2D eigenvalue weighted by Crippen LogP contribution is -2.47. The van der Waals surface area contributed by atoms with E-state index in [4.69, 9.17) is 0 Å². The molecule has 78 valence electrons. The van der Waals surface area contributed by atoms with Crippen LogP contribution in [0, 0.1) is 5.92 Å². The van der Waals surface area contributed by atoms with E-state index in [0.29, 0.717) is 13.1 Å². The van der Waals surface area contributed by atoms with Gasteiger partial charge in [-0.2, -0.15) is 13.2 Å². The van der Waals surface area contributed by atoms with E-state index in [0.717, 1.165) is 12.8 Å². The van der Waals surface area contributed by atoms with Crippen LogP contribution in [-0.4, -0.2) is 30.2 Å². The molecule has 0 aromatic heterocycles. The molecule has 0 aromatic rings. The molecule has 0 bridgehead atoms. The van der Waals surface area contributed by atoms with Gasteiger partial charge in [-0.3, -0.25) is 4.90 Å². The summed E-state index contributed by atoms with van der Waals surface area (Å²) in [6.07, 6.45) is -2.27. The molecule has 0 spiro atoms. The molecule has 1 fully saturated rings. The minimum atomic E-state index is -4.07. The molecule has 0 amide bonds. The Balaban J connectivity index is 2.67. The molecule has 0 radical (unpaired) electrons. The van der Waals surface area contributed by atoms with Crippen molar-refractivity contribution in [1.29, 1.82) is 0 Å². The Morgan fingerprint density at radius 2 is 1.54 bits per heavy atom. The van der Waals surface area contributed by atoms with Gasteiger partial charge in [0, 0.05) is 0 Å². The van der Waals surface area contributed by atoms with Crippen LogP contribution in [0.2, 0.25) is 0 Å². The summed E-state index contributed by atoms with van der Waals surface area (Å²) in [5.41, 5.74) is 0. The minimum absolute atomic E-state index is 0.349. The summed E-state index contributed by atoms with van der Waals surface area (Å²) in [6, 6.07) is -1.24. The molecule has 1 unspecified atom stereocenters. The van der Waals surface area contributed by atoms with Gasteiger partial charge < -0.3 is 0 Å². The molecule has 1 rings (SSSR count). The largest absolute Gasteiger partial charge is 0.404 e. The van der Waals surface area contributed by atoms with Crippen LogP contribution >= 0.6 is 0 Å². The van der Waals surface area contributed by atoms with Gasteiger partial charge in [-0.15, -0.1) is 0 Å². The fourth-order valence-corrected chi connectivity index (χ4v) is 2.03. The highest BCUT2D eigenvalue weighted by molar-refractivity contribution is 4.84. The third-order valence-electron chi connectivity index (χ3n) is 2.50. The molecule has 1 aliphatic rings. The maximum atomic E-state index is 12.6. The summed E-state index contributed by atoms with van der Waals surface area (Å²) in [4.78, 5) is 1.56. The molecule has 4 heteroatoms. The van der Waals surface area contributed by atoms with Gasteiger partial charge in [-0.05, 0) is 31.8 Å². The number of hydrogen-bond donors (Lipinski definition) is 0. The predicted molar refractivity (Wildman–Crippen MR) is 45.5 cm³/mol. The number of alkyl halides is 3. The Morgan fingerprint density at radius 1 is 1.08 bits per heavy atom. The Hall–Kier alpha value is -0.250. The molecule has 1 aliphatic heterocycles. The lowest BCUT2D eigenvalue weighted by atomic mass is 10.0. The number of halogens is 3. The fourth-order valence-electron chi connectivity index (χ4n) is 2.03. The molecule has 13 heavy (non-hydrogen) atoms. The van der Waals surface area contributed by atoms with Crippen molar-refractivity contribution in [3.05, 3.63) is 0 Å². The number of nitrogens with zero attached hydrogens (tertiary/aromatic N) is 1. The third kappa shape index (κ3) is 2.59. The molecule has 0 aromatic carbocycles. The molecular formula is C9H16F3N. The van der Waals surface area contributed by atoms with E-state index in [2.05, 4.69) is 0 Å². The fraction of sp³-hybridized carbons (Fsp3) is 1.00. The number of rotatable bonds is 2. The molecule has 1 nitrogen and oxygen atoms in total. The van der Waals surface area contributed by atoms with Crippen LogP contribution in [0.4, 0.5) is 13.2 Å². The second-order valence-electron chi connectivity index (χ2n) is 3.97. The maximum absolute atomic E-state index is 12.6. The second kappa shape index (κ2) is 3.86. The van der Waals surface area contributed by atoms with Crippen LogP contribution in [0.15, 0.2) is 0 Å². The predicted octanol–water partition coefficient (Wildman–Crippen LogP) is 2.67. The lowest BCUT2D eigenvalue weighted by Gasteiger charge is -2.32. The Kier molecular flexibility index (Phi) is 3.22. The highest BCUT2D eigenvalue weighted by atomic mass is 19.4. The highest BCUT2D eigenvalue weighted by Gasteiger charge is 2.45. The van der Waals surface area contributed by atoms with E-state index in [1.165, 1.54) is 0 Å². The summed E-state index contributed by atoms with van der Waals surface area (Å²) in [5.74, 6) is -0.349. The van der Waals surface area contributed by atoms with E-state index in [-0.39, 0.29) is 5.92 Å². The third-order valence-corrected chi connectivity index (χ3v) is 2.50. The molecule has 1 heterocycles. The maximum Gasteiger partial charge on any atom is 0.404 e. The first kappa shape index (κ1) is 10.8. The minimum Gasteiger partial charge on any atom is -0.292 e. The van der Waals surface area contributed by atoms with Gasteiger partial charge in [-0.1, -0.05) is 13.8 Å². The zero-order valence-corrected chi connectivity index (χ0v) is 8.06. The first-order valence-corrected chi connectivity index (χ1v) is 4.73. The van der Waals surface area contributed by atoms with Crippen LogP contribution in [0.25, 0.3) is 0 Å². The highest BCUT2D eigenvalue weighted by Crippen LogP contribution is 2.32. The van der Waals surface area contributed by atoms with Crippen molar-refractivity contribution < 1.29 is 13.2 Å². The molecule has 0 saturated carbocycles. The van der Waals surface area contributed by atoms with Gasteiger partial charge >= 0.3 is 6.18 Å². The molecular weight excluding hydrogens is 179 g/mol. The quantitative estimate of drug-likeness (QED) is 0.654. The zero-order valence-electron chi connectivity index (χ0n) is 8.06. The van der Waals surface area contributed by atoms with Gasteiger partial charge in [-0.25, -0.2) is 0 Å². The first-order chi connectivity index (χ1) is 5.93. The van der Waals surface area contributed by atoms with Gasteiger partial charge in [0.25, 0.3) is 0 Å². The van der Waals surface area contributed by atoms with Crippen LogP contribution in [-0.2, 0) is 0 Å². The molecule has 1 atom stereocenters. The van der Waals surface area contributed by atoms with Crippen molar-refractivity contribution in [2.45, 2.75) is 38.9 Å². The summed E-state index contributed by atoms with van der Waals surface area (Å²) in [5, 5.41) is 0. The van der Waals surface area contributed by atoms with Gasteiger partial charge in [0.1, 0.15) is 6.04 Å². The van der Waals surface area contributed by atoms with Gasteiger partial charge in [0.2, 0.25) is 0 Å². The van der Waals surface area contributed by atoms with E-state index in [1.54, 1.807) is 18.7 Å². The smallest absolute Gasteiger partial charge is 0.292 e. The monoisotopic (exact) mass is 195 g/mol. The number of likely N-dealkylation sites (tertiary alicyclic amines) is 1. The average molecular weight is 195 g/mol. The average Bonchev–Trinajstić information content (AvgIpc) is 2.34. The van der Waals surface area contributed by atoms with E-state index >= 15 is 0 Å². The van der Waals surface area contributed by atoms with E-state index in [9.17, 15) is 13.2 Å². The van der Waals surface area contributed by atoms with Crippen molar-refractivity contribution in [2.24, 2.45) is 5.92 Å². The summed E-state index contributed by atoms with van der Waals surface area (Å²) < 4.78 is 37.7. The van der Waals surface area contributed by atoms with E-state index < -0.39 is 12.2 Å². The normalized spacial score (nSPS) is 22.6. The van der Waals surface area contributed by atoms with Gasteiger partial charge in [0.15, 0.2) is 0 Å². The second-order valence-corrected chi connectivity index (χ2v) is 3.97. The van der Waals surface area contributed by atoms with Crippen LogP contribution < -0.4 is 0 Å². The lowest BCUT2D eigenvalue weighted by molar-refractivity contribution is -0.192. The van der Waals surface area contributed by atoms with E-state index in [1.807, 2.05) is 0 Å².